The standard InChI is InChI=1S/C31H40FN9O6S/c1-17-5-7-19(8-6-17)25(36-29(44)26-30(46-4)38-47-37-26)28(43)34-22-10-9-20(15-21(22)32)18(2)24(35-27(42)23-16-33-39-48-23)31(45)41-13-11-40(3)12-14-41/h9-10,15-19,24-25H,5-8,11-14H2,1-4H3,(H,34,43)(H,35,42)(H,36,44)/t17?,18-,19?,24+,25-/m0/s1. The van der Waals surface area contributed by atoms with E-state index in [0.29, 0.717) is 50.5 Å². The van der Waals surface area contributed by atoms with E-state index in [1.165, 1.54) is 25.4 Å². The first-order chi connectivity index (χ1) is 23.0. The number of ether oxygens (including phenoxy) is 1. The normalized spacial score (nSPS) is 20.3. The second kappa shape index (κ2) is 15.6. The van der Waals surface area contributed by atoms with Crippen LogP contribution in [0.1, 0.15) is 71.2 Å². The van der Waals surface area contributed by atoms with E-state index in [0.717, 1.165) is 24.4 Å². The topological polar surface area (TPSA) is 185 Å². The van der Waals surface area contributed by atoms with Crippen LogP contribution in [-0.2, 0) is 9.59 Å². The number of likely N-dealkylation sites (N-methyl/N-ethyl adjacent to an activating group) is 1. The van der Waals surface area contributed by atoms with Crippen LogP contribution in [0.5, 0.6) is 5.88 Å². The average Bonchev–Trinajstić information content (AvgIpc) is 3.80. The highest BCUT2D eigenvalue weighted by Crippen LogP contribution is 2.32. The highest BCUT2D eigenvalue weighted by Gasteiger charge is 2.36. The molecule has 0 radical (unpaired) electrons. The fraction of sp³-hybridized carbons (Fsp3) is 0.548. The van der Waals surface area contributed by atoms with Gasteiger partial charge in [-0.05, 0) is 71.3 Å². The predicted molar refractivity (Wildman–Crippen MR) is 172 cm³/mol. The van der Waals surface area contributed by atoms with Crippen molar-refractivity contribution < 1.29 is 32.9 Å². The van der Waals surface area contributed by atoms with Crippen LogP contribution in [0, 0.1) is 17.7 Å². The molecular weight excluding hydrogens is 645 g/mol. The van der Waals surface area contributed by atoms with E-state index in [-0.39, 0.29) is 34.0 Å². The van der Waals surface area contributed by atoms with Gasteiger partial charge in [-0.1, -0.05) is 37.2 Å². The van der Waals surface area contributed by atoms with E-state index in [4.69, 9.17) is 4.74 Å². The third-order valence-corrected chi connectivity index (χ3v) is 9.86. The van der Waals surface area contributed by atoms with Crippen molar-refractivity contribution in [2.24, 2.45) is 11.8 Å². The summed E-state index contributed by atoms with van der Waals surface area (Å²) < 4.78 is 29.1. The first-order valence-electron chi connectivity index (χ1n) is 15.9. The summed E-state index contributed by atoms with van der Waals surface area (Å²) in [5, 5.41) is 19.0. The molecule has 5 rings (SSSR count). The van der Waals surface area contributed by atoms with Gasteiger partial charge in [0.1, 0.15) is 22.8 Å². The maximum atomic E-state index is 15.7. The minimum absolute atomic E-state index is 0.0956. The number of halogens is 1. The van der Waals surface area contributed by atoms with Crippen molar-refractivity contribution in [3.05, 3.63) is 46.3 Å². The van der Waals surface area contributed by atoms with E-state index in [2.05, 4.69) is 52.3 Å². The maximum absolute atomic E-state index is 15.7. The molecule has 4 amide bonds. The summed E-state index contributed by atoms with van der Waals surface area (Å²) in [6.07, 6.45) is 4.47. The number of hydrogen-bond donors (Lipinski definition) is 3. The summed E-state index contributed by atoms with van der Waals surface area (Å²) in [6.45, 7) is 6.24. The van der Waals surface area contributed by atoms with E-state index in [1.807, 2.05) is 7.05 Å². The maximum Gasteiger partial charge on any atom is 0.288 e. The molecule has 258 valence electrons. The molecule has 15 nitrogen and oxygen atoms in total. The Morgan fingerprint density at radius 1 is 1.04 bits per heavy atom. The van der Waals surface area contributed by atoms with Crippen LogP contribution >= 0.6 is 11.5 Å². The van der Waals surface area contributed by atoms with Crippen molar-refractivity contribution in [2.75, 3.05) is 45.7 Å². The van der Waals surface area contributed by atoms with Crippen LogP contribution in [0.2, 0.25) is 0 Å². The number of benzene rings is 1. The number of carbonyl (C=O) groups excluding carboxylic acids is 4. The lowest BCUT2D eigenvalue weighted by Crippen LogP contribution is -2.55. The second-order valence-electron chi connectivity index (χ2n) is 12.5. The number of methoxy groups -OCH3 is 1. The number of nitrogens with zero attached hydrogens (tertiary/aromatic N) is 6. The highest BCUT2D eigenvalue weighted by atomic mass is 32.1. The Hall–Kier alpha value is -4.51. The molecule has 2 aliphatic rings. The number of aromatic nitrogens is 4. The summed E-state index contributed by atoms with van der Waals surface area (Å²) in [4.78, 5) is 57.5. The van der Waals surface area contributed by atoms with Crippen molar-refractivity contribution in [1.82, 2.24) is 40.3 Å². The van der Waals surface area contributed by atoms with Gasteiger partial charge in [-0.25, -0.2) is 9.02 Å². The monoisotopic (exact) mass is 685 g/mol. The molecule has 1 saturated carbocycles. The summed E-state index contributed by atoms with van der Waals surface area (Å²) >= 11 is 0.907. The lowest BCUT2D eigenvalue weighted by Gasteiger charge is -2.36. The summed E-state index contributed by atoms with van der Waals surface area (Å²) in [7, 11) is 3.29. The number of rotatable bonds is 11. The van der Waals surface area contributed by atoms with Gasteiger partial charge in [0.2, 0.25) is 17.5 Å². The fourth-order valence-corrected chi connectivity index (χ4v) is 6.52. The van der Waals surface area contributed by atoms with Crippen molar-refractivity contribution in [3.8, 4) is 5.88 Å². The molecule has 1 aromatic carbocycles. The lowest BCUT2D eigenvalue weighted by molar-refractivity contribution is -0.135. The minimum Gasteiger partial charge on any atom is -0.477 e. The quantitative estimate of drug-likeness (QED) is 0.269. The van der Waals surface area contributed by atoms with E-state index in [1.54, 1.807) is 17.9 Å². The van der Waals surface area contributed by atoms with Crippen LogP contribution in [0.4, 0.5) is 10.1 Å². The third kappa shape index (κ3) is 8.13. The minimum atomic E-state index is -1.00. The van der Waals surface area contributed by atoms with Gasteiger partial charge in [0.25, 0.3) is 17.7 Å². The second-order valence-corrected chi connectivity index (χ2v) is 13.3. The van der Waals surface area contributed by atoms with Crippen LogP contribution in [0.3, 0.4) is 0 Å². The Kier molecular flexibility index (Phi) is 11.3. The van der Waals surface area contributed by atoms with Crippen LogP contribution in [-0.4, -0.2) is 106 Å². The van der Waals surface area contributed by atoms with Crippen molar-refractivity contribution >= 4 is 40.8 Å². The van der Waals surface area contributed by atoms with Crippen molar-refractivity contribution in [1.29, 1.82) is 0 Å². The Morgan fingerprint density at radius 3 is 2.42 bits per heavy atom. The van der Waals surface area contributed by atoms with E-state index < -0.39 is 41.5 Å². The van der Waals surface area contributed by atoms with Crippen LogP contribution in [0.15, 0.2) is 29.0 Å². The lowest BCUT2D eigenvalue weighted by atomic mass is 9.79. The third-order valence-electron chi connectivity index (χ3n) is 9.20. The van der Waals surface area contributed by atoms with Gasteiger partial charge in [-0.2, -0.15) is 0 Å². The number of nitrogens with one attached hydrogen (secondary N) is 3. The summed E-state index contributed by atoms with van der Waals surface area (Å²) in [5.41, 5.74) is 0.141. The van der Waals surface area contributed by atoms with E-state index >= 15 is 4.39 Å². The molecule has 1 saturated heterocycles. The largest absolute Gasteiger partial charge is 0.477 e. The SMILES string of the molecule is COc1nonc1C(=O)N[C@H](C(=O)Nc1ccc([C@H](C)[C@@H](NC(=O)c2cnns2)C(=O)N2CCN(C)CC2)cc1F)C1CCC(C)CC1. The first kappa shape index (κ1) is 34.8. The smallest absolute Gasteiger partial charge is 0.288 e. The van der Waals surface area contributed by atoms with Gasteiger partial charge < -0.3 is 30.5 Å². The van der Waals surface area contributed by atoms with Gasteiger partial charge in [0, 0.05) is 32.1 Å². The molecule has 3 N–H and O–H groups in total. The molecule has 3 heterocycles. The molecule has 0 bridgehead atoms. The number of piperazine rings is 1. The summed E-state index contributed by atoms with van der Waals surface area (Å²) in [6, 6.07) is 2.27. The van der Waals surface area contributed by atoms with Crippen molar-refractivity contribution in [2.45, 2.75) is 57.5 Å². The zero-order chi connectivity index (χ0) is 34.4. The molecule has 2 fully saturated rings. The Bertz CT molecular complexity index is 1590. The van der Waals surface area contributed by atoms with Gasteiger partial charge in [-0.3, -0.25) is 19.2 Å². The fourth-order valence-electron chi connectivity index (χ4n) is 6.10. The van der Waals surface area contributed by atoms with Gasteiger partial charge in [0.05, 0.1) is 19.0 Å². The van der Waals surface area contributed by atoms with Gasteiger partial charge >= 0.3 is 0 Å². The zero-order valence-electron chi connectivity index (χ0n) is 27.3. The molecule has 1 aliphatic carbocycles. The molecular formula is C31H40FN9O6S. The number of anilines is 1. The van der Waals surface area contributed by atoms with Crippen LogP contribution in [0.25, 0.3) is 0 Å². The Morgan fingerprint density at radius 2 is 1.77 bits per heavy atom. The van der Waals surface area contributed by atoms with Gasteiger partial charge in [0.15, 0.2) is 0 Å². The molecule has 0 unspecified atom stereocenters. The van der Waals surface area contributed by atoms with Gasteiger partial charge in [-0.15, -0.1) is 5.10 Å². The van der Waals surface area contributed by atoms with E-state index in [9.17, 15) is 19.2 Å². The molecule has 48 heavy (non-hydrogen) atoms. The van der Waals surface area contributed by atoms with Crippen molar-refractivity contribution in [3.63, 3.8) is 0 Å². The highest BCUT2D eigenvalue weighted by molar-refractivity contribution is 7.07. The predicted octanol–water partition coefficient (Wildman–Crippen LogP) is 2.31. The molecule has 1 aliphatic heterocycles. The number of amides is 4. The molecule has 17 heteroatoms. The number of hydrogen-bond acceptors (Lipinski definition) is 12. The molecule has 3 aromatic rings. The first-order valence-corrected chi connectivity index (χ1v) is 16.7. The molecule has 2 aromatic heterocycles. The molecule has 3 atom stereocenters. The summed E-state index contributed by atoms with van der Waals surface area (Å²) in [5.74, 6) is -3.28. The van der Waals surface area contributed by atoms with Crippen LogP contribution < -0.4 is 20.7 Å². The Balaban J connectivity index is 1.34. The number of carbonyl (C=O) groups is 4. The average molecular weight is 686 g/mol. The molecule has 0 spiro atoms. The zero-order valence-corrected chi connectivity index (χ0v) is 28.1. The Labute approximate surface area is 281 Å².